The molecule has 2 rings (SSSR count). The van der Waals surface area contributed by atoms with E-state index in [9.17, 15) is 8.42 Å². The number of allylic oxidation sites excluding steroid dienone is 1. The van der Waals surface area contributed by atoms with Crippen LogP contribution in [-0.4, -0.2) is 35.5 Å². The van der Waals surface area contributed by atoms with E-state index in [1.165, 1.54) is 12.4 Å². The molecule has 1 aromatic heterocycles. The Morgan fingerprint density at radius 2 is 1.89 bits per heavy atom. The molecule has 0 atom stereocenters. The molecular formula is C19H19N5O2S. The van der Waals surface area contributed by atoms with Crippen LogP contribution < -0.4 is 0 Å². The zero-order chi connectivity index (χ0) is 19.7. The van der Waals surface area contributed by atoms with E-state index < -0.39 is 10.0 Å². The molecule has 0 radical (unpaired) electrons. The summed E-state index contributed by atoms with van der Waals surface area (Å²) < 4.78 is 26.4. The predicted octanol–water partition coefficient (Wildman–Crippen LogP) is 3.38. The number of hydrogen-bond acceptors (Lipinski definition) is 6. The first-order valence-corrected chi connectivity index (χ1v) is 9.75. The number of nitrogens with zero attached hydrogens (tertiary/aromatic N) is 5. The normalized spacial score (nSPS) is 12.8. The first kappa shape index (κ1) is 20.0. The standard InChI is InChI=1S/C19H19N5O2S/c1-3-27(25,26)24(16(2)23-19-7-5-4-6-8-19)14-18(13-22-15-20)17-9-11-21-12-10-17/h4-14H,3H2,1-2H3/b18-14+,22-13?,23-16?. The highest BCUT2D eigenvalue weighted by Gasteiger charge is 2.20. The van der Waals surface area contributed by atoms with E-state index in [-0.39, 0.29) is 11.6 Å². The summed E-state index contributed by atoms with van der Waals surface area (Å²) in [5.74, 6) is 0.171. The van der Waals surface area contributed by atoms with Gasteiger partial charge in [-0.2, -0.15) is 10.3 Å². The van der Waals surface area contributed by atoms with Crippen molar-refractivity contribution < 1.29 is 8.42 Å². The Kier molecular flexibility index (Phi) is 6.97. The van der Waals surface area contributed by atoms with Crippen molar-refractivity contribution in [3.8, 4) is 6.19 Å². The number of benzene rings is 1. The highest BCUT2D eigenvalue weighted by molar-refractivity contribution is 7.89. The third kappa shape index (κ3) is 5.59. The molecule has 1 aromatic carbocycles. The lowest BCUT2D eigenvalue weighted by Crippen LogP contribution is -2.32. The molecule has 0 bridgehead atoms. The van der Waals surface area contributed by atoms with Gasteiger partial charge in [0.2, 0.25) is 16.2 Å². The van der Waals surface area contributed by atoms with E-state index in [4.69, 9.17) is 5.26 Å². The molecule has 0 amide bonds. The van der Waals surface area contributed by atoms with Crippen molar-refractivity contribution in [1.29, 1.82) is 5.26 Å². The number of nitriles is 1. The van der Waals surface area contributed by atoms with Gasteiger partial charge in [-0.25, -0.2) is 17.7 Å². The Labute approximate surface area is 159 Å². The monoisotopic (exact) mass is 381 g/mol. The first-order chi connectivity index (χ1) is 13.0. The van der Waals surface area contributed by atoms with E-state index in [0.29, 0.717) is 16.8 Å². The van der Waals surface area contributed by atoms with Crippen LogP contribution in [0.1, 0.15) is 19.4 Å². The Morgan fingerprint density at radius 1 is 1.22 bits per heavy atom. The SMILES string of the molecule is CCS(=O)(=O)N(/C=C(\C=NC#N)c1ccncc1)C(C)=Nc1ccccc1. The summed E-state index contributed by atoms with van der Waals surface area (Å²) in [4.78, 5) is 11.9. The number of para-hydroxylation sites is 1. The van der Waals surface area contributed by atoms with Gasteiger partial charge >= 0.3 is 0 Å². The molecule has 8 heteroatoms. The number of rotatable bonds is 6. The largest absolute Gasteiger partial charge is 0.265 e. The number of pyridine rings is 1. The molecule has 7 nitrogen and oxygen atoms in total. The van der Waals surface area contributed by atoms with Gasteiger partial charge in [0, 0.05) is 30.4 Å². The third-order valence-electron chi connectivity index (χ3n) is 3.56. The zero-order valence-electron chi connectivity index (χ0n) is 15.0. The molecule has 0 unspecified atom stereocenters. The van der Waals surface area contributed by atoms with Crippen molar-refractivity contribution in [1.82, 2.24) is 9.29 Å². The van der Waals surface area contributed by atoms with E-state index in [2.05, 4.69) is 15.0 Å². The third-order valence-corrected chi connectivity index (χ3v) is 5.26. The highest BCUT2D eigenvalue weighted by Crippen LogP contribution is 2.18. The van der Waals surface area contributed by atoms with Crippen molar-refractivity contribution >= 4 is 33.3 Å². The molecule has 0 N–H and O–H groups in total. The lowest BCUT2D eigenvalue weighted by molar-refractivity contribution is 0.564. The summed E-state index contributed by atoms with van der Waals surface area (Å²) in [6.07, 6.45) is 7.55. The second-order valence-corrected chi connectivity index (χ2v) is 7.50. The van der Waals surface area contributed by atoms with Crippen LogP contribution in [0.5, 0.6) is 0 Å². The van der Waals surface area contributed by atoms with Crippen molar-refractivity contribution in [2.45, 2.75) is 13.8 Å². The lowest BCUT2D eigenvalue weighted by Gasteiger charge is -2.20. The topological polar surface area (TPSA) is 98.8 Å². The minimum absolute atomic E-state index is 0.107. The first-order valence-electron chi connectivity index (χ1n) is 8.14. The predicted molar refractivity (Wildman–Crippen MR) is 107 cm³/mol. The van der Waals surface area contributed by atoms with Crippen LogP contribution in [0.4, 0.5) is 5.69 Å². The summed E-state index contributed by atoms with van der Waals surface area (Å²) in [6.45, 7) is 3.17. The smallest absolute Gasteiger partial charge is 0.239 e. The van der Waals surface area contributed by atoms with Crippen LogP contribution in [0.25, 0.3) is 5.57 Å². The van der Waals surface area contributed by atoms with Crippen LogP contribution in [0.15, 0.2) is 71.0 Å². The van der Waals surface area contributed by atoms with Crippen molar-refractivity contribution in [2.75, 3.05) is 5.75 Å². The van der Waals surface area contributed by atoms with Gasteiger partial charge in [-0.05, 0) is 43.7 Å². The van der Waals surface area contributed by atoms with Gasteiger partial charge in [0.25, 0.3) is 0 Å². The minimum atomic E-state index is -3.64. The number of aliphatic imine (C=N–C) groups is 2. The van der Waals surface area contributed by atoms with E-state index >= 15 is 0 Å². The molecule has 0 fully saturated rings. The van der Waals surface area contributed by atoms with Gasteiger partial charge in [-0.3, -0.25) is 4.98 Å². The molecule has 0 aliphatic carbocycles. The molecule has 27 heavy (non-hydrogen) atoms. The number of aromatic nitrogens is 1. The molecule has 0 spiro atoms. The average Bonchev–Trinajstić information content (AvgIpc) is 2.69. The summed E-state index contributed by atoms with van der Waals surface area (Å²) in [6, 6.07) is 12.5. The van der Waals surface area contributed by atoms with Crippen LogP contribution >= 0.6 is 0 Å². The Bertz CT molecular complexity index is 991. The van der Waals surface area contributed by atoms with Crippen molar-refractivity contribution in [2.24, 2.45) is 9.98 Å². The van der Waals surface area contributed by atoms with Gasteiger partial charge in [-0.1, -0.05) is 18.2 Å². The van der Waals surface area contributed by atoms with Crippen molar-refractivity contribution in [3.05, 3.63) is 66.6 Å². The Morgan fingerprint density at radius 3 is 2.48 bits per heavy atom. The summed E-state index contributed by atoms with van der Waals surface area (Å²) >= 11 is 0. The van der Waals surface area contributed by atoms with Gasteiger partial charge in [0.1, 0.15) is 5.84 Å². The van der Waals surface area contributed by atoms with Gasteiger partial charge in [0.15, 0.2) is 0 Å². The zero-order valence-corrected chi connectivity index (χ0v) is 15.8. The lowest BCUT2D eigenvalue weighted by atomic mass is 10.1. The molecule has 138 valence electrons. The fraction of sp³-hybridized carbons (Fsp3) is 0.158. The van der Waals surface area contributed by atoms with Crippen molar-refractivity contribution in [3.63, 3.8) is 0 Å². The van der Waals surface area contributed by atoms with E-state index in [1.807, 2.05) is 18.2 Å². The molecule has 0 aliphatic heterocycles. The fourth-order valence-electron chi connectivity index (χ4n) is 2.20. The van der Waals surface area contributed by atoms with E-state index in [1.54, 1.807) is 56.7 Å². The molecule has 2 aromatic rings. The molecular weight excluding hydrogens is 362 g/mol. The van der Waals surface area contributed by atoms with Gasteiger partial charge in [-0.15, -0.1) is 0 Å². The Balaban J connectivity index is 2.58. The maximum absolute atomic E-state index is 12.7. The quantitative estimate of drug-likeness (QED) is 0.435. The summed E-state index contributed by atoms with van der Waals surface area (Å²) in [7, 11) is -3.64. The van der Waals surface area contributed by atoms with Crippen LogP contribution in [0, 0.1) is 11.5 Å². The second kappa shape index (κ2) is 9.40. The van der Waals surface area contributed by atoms with Gasteiger partial charge in [0.05, 0.1) is 11.4 Å². The fourth-order valence-corrected chi connectivity index (χ4v) is 3.20. The minimum Gasteiger partial charge on any atom is -0.265 e. The van der Waals surface area contributed by atoms with Crippen LogP contribution in [0.3, 0.4) is 0 Å². The van der Waals surface area contributed by atoms with Gasteiger partial charge < -0.3 is 0 Å². The number of sulfonamides is 1. The van der Waals surface area contributed by atoms with E-state index in [0.717, 1.165) is 4.31 Å². The number of hydrogen-bond donors (Lipinski definition) is 0. The van der Waals surface area contributed by atoms with Crippen LogP contribution in [0.2, 0.25) is 0 Å². The number of amidine groups is 1. The average molecular weight is 381 g/mol. The molecule has 1 heterocycles. The summed E-state index contributed by atoms with van der Waals surface area (Å²) in [5, 5.41) is 8.76. The summed E-state index contributed by atoms with van der Waals surface area (Å²) in [5.41, 5.74) is 1.75. The Hall–Kier alpha value is -3.31. The maximum Gasteiger partial charge on any atom is 0.239 e. The second-order valence-electron chi connectivity index (χ2n) is 5.37. The molecule has 0 saturated carbocycles. The van der Waals surface area contributed by atoms with Crippen LogP contribution in [-0.2, 0) is 10.0 Å². The molecule has 0 saturated heterocycles. The molecule has 0 aliphatic rings. The maximum atomic E-state index is 12.7. The highest BCUT2D eigenvalue weighted by atomic mass is 32.2.